The first-order chi connectivity index (χ1) is 15.9. The Kier molecular flexibility index (Phi) is 8.26. The Morgan fingerprint density at radius 2 is 2.00 bits per heavy atom. The van der Waals surface area contributed by atoms with Gasteiger partial charge in [0.05, 0.1) is 18.9 Å². The molecular weight excluding hydrogens is 438 g/mol. The number of ether oxygens (including phenoxy) is 1. The molecule has 1 heterocycles. The fourth-order valence-electron chi connectivity index (χ4n) is 3.19. The zero-order valence-electron chi connectivity index (χ0n) is 18.9. The maximum atomic E-state index is 12.6. The van der Waals surface area contributed by atoms with Crippen molar-refractivity contribution in [2.45, 2.75) is 31.6 Å². The van der Waals surface area contributed by atoms with Gasteiger partial charge in [0, 0.05) is 23.9 Å². The Balaban J connectivity index is 1.66. The van der Waals surface area contributed by atoms with Crippen LogP contribution in [0.15, 0.2) is 66.3 Å². The number of carbonyl (C=O) groups excluding carboxylic acids is 2. The normalized spacial score (nSPS) is 11.5. The average Bonchev–Trinajstić information content (AvgIpc) is 3.20. The summed E-state index contributed by atoms with van der Waals surface area (Å²) in [7, 11) is 1.57. The molecule has 0 saturated carbocycles. The van der Waals surface area contributed by atoms with Crippen molar-refractivity contribution in [3.05, 3.63) is 78.1 Å². The van der Waals surface area contributed by atoms with Crippen LogP contribution < -0.4 is 15.4 Å². The Morgan fingerprint density at radius 1 is 1.21 bits per heavy atom. The van der Waals surface area contributed by atoms with Crippen molar-refractivity contribution < 1.29 is 14.3 Å². The second-order valence-electron chi connectivity index (χ2n) is 7.37. The van der Waals surface area contributed by atoms with Crippen LogP contribution in [-0.2, 0) is 11.3 Å². The van der Waals surface area contributed by atoms with Crippen molar-refractivity contribution >= 4 is 29.3 Å². The van der Waals surface area contributed by atoms with E-state index in [1.165, 1.54) is 11.8 Å². The summed E-state index contributed by atoms with van der Waals surface area (Å²) in [6.45, 7) is 8.04. The van der Waals surface area contributed by atoms with Gasteiger partial charge >= 0.3 is 0 Å². The van der Waals surface area contributed by atoms with Crippen LogP contribution in [0.4, 0.5) is 5.69 Å². The molecule has 172 valence electrons. The van der Waals surface area contributed by atoms with E-state index in [0.717, 1.165) is 5.56 Å². The molecular formula is C24H27N5O3S. The molecule has 8 nitrogen and oxygen atoms in total. The molecule has 33 heavy (non-hydrogen) atoms. The molecule has 0 radical (unpaired) electrons. The van der Waals surface area contributed by atoms with E-state index in [9.17, 15) is 9.59 Å². The van der Waals surface area contributed by atoms with Gasteiger partial charge in [-0.2, -0.15) is 0 Å². The number of hydrogen-bond acceptors (Lipinski definition) is 6. The summed E-state index contributed by atoms with van der Waals surface area (Å²) >= 11 is 1.27. The number of hydrogen-bond donors (Lipinski definition) is 2. The van der Waals surface area contributed by atoms with Crippen molar-refractivity contribution in [3.63, 3.8) is 0 Å². The Bertz CT molecular complexity index is 1140. The van der Waals surface area contributed by atoms with Crippen LogP contribution in [-0.4, -0.2) is 39.4 Å². The lowest BCUT2D eigenvalue weighted by atomic mass is 10.1. The van der Waals surface area contributed by atoms with Crippen LogP contribution in [0.3, 0.4) is 0 Å². The third kappa shape index (κ3) is 6.45. The number of methoxy groups -OCH3 is 1. The molecule has 1 aromatic heterocycles. The molecule has 0 fully saturated rings. The second kappa shape index (κ2) is 11.3. The van der Waals surface area contributed by atoms with Gasteiger partial charge in [-0.1, -0.05) is 41.6 Å². The highest BCUT2D eigenvalue weighted by Gasteiger charge is 2.20. The minimum Gasteiger partial charge on any atom is -0.497 e. The quantitative estimate of drug-likeness (QED) is 0.347. The van der Waals surface area contributed by atoms with Crippen LogP contribution in [0.2, 0.25) is 0 Å². The van der Waals surface area contributed by atoms with E-state index in [0.29, 0.717) is 34.5 Å². The number of thioether (sulfide) groups is 1. The molecule has 0 aliphatic heterocycles. The standard InChI is InChI=1S/C24H27N5O3S/c1-5-12-29-22(17(3)25-23(31)18-9-6-8-16(2)13-18)27-28-24(29)33-15-21(30)26-19-10-7-11-20(14-19)32-4/h5-11,13-14,17H,1,12,15H2,2-4H3,(H,25,31)(H,26,30)/t17-/m1/s1. The van der Waals surface area contributed by atoms with Crippen molar-refractivity contribution in [2.75, 3.05) is 18.2 Å². The predicted molar refractivity (Wildman–Crippen MR) is 130 cm³/mol. The summed E-state index contributed by atoms with van der Waals surface area (Å²) in [4.78, 5) is 25.1. The van der Waals surface area contributed by atoms with Gasteiger partial charge in [-0.15, -0.1) is 16.8 Å². The topological polar surface area (TPSA) is 98.1 Å². The molecule has 2 N–H and O–H groups in total. The van der Waals surface area contributed by atoms with Crippen LogP contribution >= 0.6 is 11.8 Å². The van der Waals surface area contributed by atoms with Gasteiger partial charge < -0.3 is 19.9 Å². The van der Waals surface area contributed by atoms with Crippen LogP contribution in [0.5, 0.6) is 5.75 Å². The number of aromatic nitrogens is 3. The van der Waals surface area contributed by atoms with Gasteiger partial charge in [0.2, 0.25) is 5.91 Å². The summed E-state index contributed by atoms with van der Waals surface area (Å²) in [6.07, 6.45) is 1.72. The fraction of sp³-hybridized carbons (Fsp3) is 0.250. The van der Waals surface area contributed by atoms with Crippen LogP contribution in [0.25, 0.3) is 0 Å². The van der Waals surface area contributed by atoms with Crippen molar-refractivity contribution in [1.82, 2.24) is 20.1 Å². The molecule has 0 unspecified atom stereocenters. The average molecular weight is 466 g/mol. The lowest BCUT2D eigenvalue weighted by molar-refractivity contribution is -0.113. The van der Waals surface area contributed by atoms with E-state index in [-0.39, 0.29) is 23.6 Å². The van der Waals surface area contributed by atoms with E-state index in [1.807, 2.05) is 42.7 Å². The maximum absolute atomic E-state index is 12.6. The summed E-state index contributed by atoms with van der Waals surface area (Å²) in [5.41, 5.74) is 2.25. The maximum Gasteiger partial charge on any atom is 0.251 e. The number of benzene rings is 2. The van der Waals surface area contributed by atoms with E-state index in [2.05, 4.69) is 27.4 Å². The van der Waals surface area contributed by atoms with Gasteiger partial charge in [0.1, 0.15) is 5.75 Å². The van der Waals surface area contributed by atoms with Gasteiger partial charge in [-0.25, -0.2) is 0 Å². The summed E-state index contributed by atoms with van der Waals surface area (Å²) < 4.78 is 7.02. The Labute approximate surface area is 197 Å². The second-order valence-corrected chi connectivity index (χ2v) is 8.32. The van der Waals surface area contributed by atoms with Gasteiger partial charge in [0.25, 0.3) is 5.91 Å². The third-order valence-electron chi connectivity index (χ3n) is 4.76. The van der Waals surface area contributed by atoms with E-state index >= 15 is 0 Å². The van der Waals surface area contributed by atoms with Crippen molar-refractivity contribution in [3.8, 4) is 5.75 Å². The molecule has 0 aliphatic rings. The minimum atomic E-state index is -0.384. The summed E-state index contributed by atoms with van der Waals surface area (Å²) in [6, 6.07) is 14.2. The van der Waals surface area contributed by atoms with E-state index < -0.39 is 0 Å². The van der Waals surface area contributed by atoms with Gasteiger partial charge in [-0.3, -0.25) is 9.59 Å². The first kappa shape index (κ1) is 24.1. The van der Waals surface area contributed by atoms with E-state index in [1.54, 1.807) is 37.5 Å². The molecule has 2 aromatic carbocycles. The molecule has 0 aliphatic carbocycles. The van der Waals surface area contributed by atoms with E-state index in [4.69, 9.17) is 4.74 Å². The Morgan fingerprint density at radius 3 is 2.73 bits per heavy atom. The molecule has 9 heteroatoms. The number of anilines is 1. The Hall–Kier alpha value is -3.59. The number of carbonyl (C=O) groups is 2. The van der Waals surface area contributed by atoms with Crippen molar-refractivity contribution in [1.29, 1.82) is 0 Å². The zero-order valence-corrected chi connectivity index (χ0v) is 19.7. The predicted octanol–water partition coefficient (Wildman–Crippen LogP) is 4.00. The smallest absolute Gasteiger partial charge is 0.251 e. The lowest BCUT2D eigenvalue weighted by Crippen LogP contribution is -2.28. The molecule has 0 bridgehead atoms. The van der Waals surface area contributed by atoms with Crippen LogP contribution in [0.1, 0.15) is 34.7 Å². The molecule has 0 spiro atoms. The molecule has 3 rings (SSSR count). The monoisotopic (exact) mass is 465 g/mol. The number of nitrogens with zero attached hydrogens (tertiary/aromatic N) is 3. The van der Waals surface area contributed by atoms with Gasteiger partial charge in [0.15, 0.2) is 11.0 Å². The zero-order chi connectivity index (χ0) is 23.8. The highest BCUT2D eigenvalue weighted by molar-refractivity contribution is 7.99. The lowest BCUT2D eigenvalue weighted by Gasteiger charge is -2.15. The first-order valence-electron chi connectivity index (χ1n) is 10.4. The molecule has 1 atom stereocenters. The third-order valence-corrected chi connectivity index (χ3v) is 5.72. The highest BCUT2D eigenvalue weighted by Crippen LogP contribution is 2.22. The van der Waals surface area contributed by atoms with Gasteiger partial charge in [-0.05, 0) is 38.1 Å². The molecule has 3 aromatic rings. The van der Waals surface area contributed by atoms with Crippen molar-refractivity contribution in [2.24, 2.45) is 0 Å². The largest absolute Gasteiger partial charge is 0.497 e. The number of amides is 2. The number of nitrogens with one attached hydrogen (secondary N) is 2. The fourth-order valence-corrected chi connectivity index (χ4v) is 3.94. The number of allylic oxidation sites excluding steroid dienone is 1. The molecule has 0 saturated heterocycles. The highest BCUT2D eigenvalue weighted by atomic mass is 32.2. The molecule has 2 amide bonds. The SMILES string of the molecule is C=CCn1c(SCC(=O)Nc2cccc(OC)c2)nnc1[C@@H](C)NC(=O)c1cccc(C)c1. The number of rotatable bonds is 10. The summed E-state index contributed by atoms with van der Waals surface area (Å²) in [5, 5.41) is 14.9. The van der Waals surface area contributed by atoms with Crippen LogP contribution in [0, 0.1) is 6.92 Å². The first-order valence-corrected chi connectivity index (χ1v) is 11.4. The summed E-state index contributed by atoms with van der Waals surface area (Å²) in [5.74, 6) is 1.04. The number of aryl methyl sites for hydroxylation is 1. The minimum absolute atomic E-state index is 0.149.